The molecule has 0 aliphatic carbocycles. The van der Waals surface area contributed by atoms with Gasteiger partial charge in [0.2, 0.25) is 11.8 Å². The number of hydrogen-bond donors (Lipinski definition) is 1. The number of hydrogen-bond acceptors (Lipinski definition) is 5. The Hall–Kier alpha value is -1.82. The maximum atomic E-state index is 12.1. The summed E-state index contributed by atoms with van der Waals surface area (Å²) in [5, 5.41) is 2.87. The van der Waals surface area contributed by atoms with Gasteiger partial charge in [0.05, 0.1) is 27.4 Å². The molecule has 0 spiro atoms. The van der Waals surface area contributed by atoms with Crippen LogP contribution < -0.4 is 14.8 Å². The molecular weight excluding hydrogens is 248 g/mol. The first-order valence-electron chi connectivity index (χ1n) is 6.03. The zero-order chi connectivity index (χ0) is 13.9. The van der Waals surface area contributed by atoms with Gasteiger partial charge in [-0.05, 0) is 6.07 Å². The van der Waals surface area contributed by atoms with Gasteiger partial charge in [0, 0.05) is 18.0 Å². The van der Waals surface area contributed by atoms with Crippen LogP contribution in [-0.2, 0) is 4.74 Å². The molecule has 1 fully saturated rings. The lowest BCUT2D eigenvalue weighted by atomic mass is 9.89. The summed E-state index contributed by atoms with van der Waals surface area (Å²) in [4.78, 5) is 16.2. The van der Waals surface area contributed by atoms with Gasteiger partial charge < -0.3 is 19.5 Å². The Morgan fingerprint density at radius 1 is 1.42 bits per heavy atom. The normalized spacial score (nSPS) is 16.4. The fraction of sp³-hybridized carbons (Fsp3) is 0.538. The molecule has 1 saturated heterocycles. The van der Waals surface area contributed by atoms with Crippen LogP contribution in [0.4, 0.5) is 0 Å². The van der Waals surface area contributed by atoms with Crippen molar-refractivity contribution < 1.29 is 19.0 Å². The van der Waals surface area contributed by atoms with E-state index in [4.69, 9.17) is 14.2 Å². The van der Waals surface area contributed by atoms with E-state index in [2.05, 4.69) is 17.2 Å². The van der Waals surface area contributed by atoms with Gasteiger partial charge in [-0.25, -0.2) is 0 Å². The van der Waals surface area contributed by atoms with E-state index in [0.29, 0.717) is 31.2 Å². The largest absolute Gasteiger partial charge is 0.481 e. The molecular formula is C13H18N2O4. The lowest BCUT2D eigenvalue weighted by Crippen LogP contribution is -2.48. The van der Waals surface area contributed by atoms with Crippen molar-refractivity contribution in [2.24, 2.45) is 5.41 Å². The molecule has 2 rings (SSSR count). The van der Waals surface area contributed by atoms with Crippen LogP contribution >= 0.6 is 0 Å². The molecule has 1 aromatic rings. The van der Waals surface area contributed by atoms with E-state index in [0.717, 1.165) is 0 Å². The molecule has 1 aliphatic rings. The summed E-state index contributed by atoms with van der Waals surface area (Å²) < 4.78 is 15.2. The molecule has 0 saturated carbocycles. The third kappa shape index (κ3) is 2.96. The smallest absolute Gasteiger partial charge is 0.256 e. The fourth-order valence-corrected chi connectivity index (χ4v) is 1.81. The molecule has 1 aliphatic heterocycles. The van der Waals surface area contributed by atoms with Crippen LogP contribution in [0.15, 0.2) is 12.1 Å². The predicted octanol–water partition coefficient (Wildman–Crippen LogP) is 0.865. The number of rotatable bonds is 5. The van der Waals surface area contributed by atoms with Gasteiger partial charge in [0.1, 0.15) is 5.56 Å². The predicted molar refractivity (Wildman–Crippen MR) is 68.6 cm³/mol. The number of aromatic nitrogens is 1. The Kier molecular flexibility index (Phi) is 3.90. The van der Waals surface area contributed by atoms with Crippen LogP contribution in [0.3, 0.4) is 0 Å². The number of pyridine rings is 1. The SMILES string of the molecule is COc1ccc(C(=O)NCC2(C)COC2)c(OC)n1. The van der Waals surface area contributed by atoms with Gasteiger partial charge in [-0.2, -0.15) is 4.98 Å². The van der Waals surface area contributed by atoms with E-state index in [1.165, 1.54) is 14.2 Å². The van der Waals surface area contributed by atoms with E-state index in [-0.39, 0.29) is 17.2 Å². The summed E-state index contributed by atoms with van der Waals surface area (Å²) in [6.45, 7) is 3.98. The quantitative estimate of drug-likeness (QED) is 0.856. The highest BCUT2D eigenvalue weighted by molar-refractivity contribution is 5.96. The topological polar surface area (TPSA) is 69.7 Å². The number of nitrogens with zero attached hydrogens (tertiary/aromatic N) is 1. The lowest BCUT2D eigenvalue weighted by molar-refractivity contribution is -0.0978. The van der Waals surface area contributed by atoms with Crippen LogP contribution in [0.1, 0.15) is 17.3 Å². The molecule has 6 nitrogen and oxygen atoms in total. The third-order valence-corrected chi connectivity index (χ3v) is 3.06. The number of carbonyl (C=O) groups is 1. The van der Waals surface area contributed by atoms with Crippen molar-refractivity contribution in [1.29, 1.82) is 0 Å². The van der Waals surface area contributed by atoms with Gasteiger partial charge in [0.25, 0.3) is 5.91 Å². The highest BCUT2D eigenvalue weighted by atomic mass is 16.5. The molecule has 0 atom stereocenters. The minimum absolute atomic E-state index is 0.0305. The number of ether oxygens (including phenoxy) is 3. The van der Waals surface area contributed by atoms with Crippen molar-refractivity contribution in [3.63, 3.8) is 0 Å². The van der Waals surface area contributed by atoms with Crippen LogP contribution in [0.5, 0.6) is 11.8 Å². The first kappa shape index (κ1) is 13.6. The van der Waals surface area contributed by atoms with E-state index >= 15 is 0 Å². The van der Waals surface area contributed by atoms with Gasteiger partial charge >= 0.3 is 0 Å². The summed E-state index contributed by atoms with van der Waals surface area (Å²) in [7, 11) is 2.98. The Balaban J connectivity index is 2.05. The molecule has 0 aromatic carbocycles. The maximum absolute atomic E-state index is 12.1. The van der Waals surface area contributed by atoms with Crippen molar-refractivity contribution in [2.75, 3.05) is 34.0 Å². The fourth-order valence-electron chi connectivity index (χ4n) is 1.81. The molecule has 0 bridgehead atoms. The third-order valence-electron chi connectivity index (χ3n) is 3.06. The summed E-state index contributed by atoms with van der Waals surface area (Å²) in [6, 6.07) is 3.27. The highest BCUT2D eigenvalue weighted by Gasteiger charge is 2.33. The summed E-state index contributed by atoms with van der Waals surface area (Å²) in [5.74, 6) is 0.458. The molecule has 0 unspecified atom stereocenters. The number of carbonyl (C=O) groups excluding carboxylic acids is 1. The van der Waals surface area contributed by atoms with Gasteiger partial charge in [-0.15, -0.1) is 0 Å². The molecule has 1 aromatic heterocycles. The minimum atomic E-state index is -0.208. The van der Waals surface area contributed by atoms with Crippen LogP contribution in [0.2, 0.25) is 0 Å². The number of nitrogens with one attached hydrogen (secondary N) is 1. The average Bonchev–Trinajstić information content (AvgIpc) is 2.41. The monoisotopic (exact) mass is 266 g/mol. The number of amides is 1. The summed E-state index contributed by atoms with van der Waals surface area (Å²) >= 11 is 0. The van der Waals surface area contributed by atoms with Crippen molar-refractivity contribution in [3.05, 3.63) is 17.7 Å². The Morgan fingerprint density at radius 2 is 2.16 bits per heavy atom. The van der Waals surface area contributed by atoms with Crippen molar-refractivity contribution in [1.82, 2.24) is 10.3 Å². The van der Waals surface area contributed by atoms with E-state index in [1.54, 1.807) is 12.1 Å². The highest BCUT2D eigenvalue weighted by Crippen LogP contribution is 2.26. The minimum Gasteiger partial charge on any atom is -0.481 e. The second-order valence-electron chi connectivity index (χ2n) is 4.90. The first-order chi connectivity index (χ1) is 9.08. The van der Waals surface area contributed by atoms with Gasteiger partial charge in [-0.3, -0.25) is 4.79 Å². The standard InChI is InChI=1S/C13H18N2O4/c1-13(7-19-8-13)6-14-11(16)9-4-5-10(17-2)15-12(9)18-3/h4-5H,6-8H2,1-3H3,(H,14,16). The summed E-state index contributed by atoms with van der Waals surface area (Å²) in [6.07, 6.45) is 0. The van der Waals surface area contributed by atoms with Gasteiger partial charge in [0.15, 0.2) is 0 Å². The Morgan fingerprint density at radius 3 is 2.68 bits per heavy atom. The number of methoxy groups -OCH3 is 2. The second kappa shape index (κ2) is 5.44. The van der Waals surface area contributed by atoms with Crippen LogP contribution in [-0.4, -0.2) is 44.9 Å². The Bertz CT molecular complexity index is 472. The molecule has 0 radical (unpaired) electrons. The molecule has 1 N–H and O–H groups in total. The van der Waals surface area contributed by atoms with E-state index < -0.39 is 0 Å². The zero-order valence-electron chi connectivity index (χ0n) is 11.4. The molecule has 1 amide bonds. The van der Waals surface area contributed by atoms with Gasteiger partial charge in [-0.1, -0.05) is 6.92 Å². The maximum Gasteiger partial charge on any atom is 0.256 e. The van der Waals surface area contributed by atoms with E-state index in [9.17, 15) is 4.79 Å². The second-order valence-corrected chi connectivity index (χ2v) is 4.90. The lowest BCUT2D eigenvalue weighted by Gasteiger charge is -2.38. The zero-order valence-corrected chi connectivity index (χ0v) is 11.4. The van der Waals surface area contributed by atoms with Crippen LogP contribution in [0, 0.1) is 5.41 Å². The van der Waals surface area contributed by atoms with E-state index in [1.807, 2.05) is 0 Å². The van der Waals surface area contributed by atoms with Crippen molar-refractivity contribution >= 4 is 5.91 Å². The molecule has 104 valence electrons. The van der Waals surface area contributed by atoms with Crippen LogP contribution in [0.25, 0.3) is 0 Å². The Labute approximate surface area is 112 Å². The van der Waals surface area contributed by atoms with Crippen molar-refractivity contribution in [3.8, 4) is 11.8 Å². The van der Waals surface area contributed by atoms with Crippen molar-refractivity contribution in [2.45, 2.75) is 6.92 Å². The molecule has 19 heavy (non-hydrogen) atoms. The molecule has 6 heteroatoms. The summed E-state index contributed by atoms with van der Waals surface area (Å²) in [5.41, 5.74) is 0.426. The molecule has 2 heterocycles. The average molecular weight is 266 g/mol. The first-order valence-corrected chi connectivity index (χ1v) is 6.03.